The van der Waals surface area contributed by atoms with Gasteiger partial charge in [0.15, 0.2) is 0 Å². The van der Waals surface area contributed by atoms with Gasteiger partial charge in [-0.05, 0) is 65.6 Å². The van der Waals surface area contributed by atoms with Gasteiger partial charge in [0.2, 0.25) is 11.8 Å². The number of anilines is 1. The number of para-hydroxylation sites is 2. The smallest absolute Gasteiger partial charge is 0.251 e. The first-order chi connectivity index (χ1) is 20.3. The topological polar surface area (TPSA) is 117 Å². The fraction of sp³-hybridized carbons (Fsp3) is 0.333. The summed E-state index contributed by atoms with van der Waals surface area (Å²) in [5.41, 5.74) is 4.02. The van der Waals surface area contributed by atoms with E-state index in [1.165, 1.54) is 22.1 Å². The van der Waals surface area contributed by atoms with Crippen LogP contribution in [0.2, 0.25) is 0 Å². The molecule has 0 bridgehead atoms. The zero-order valence-corrected chi connectivity index (χ0v) is 23.9. The predicted molar refractivity (Wildman–Crippen MR) is 160 cm³/mol. The molecule has 3 aromatic carbocycles. The maximum atomic E-state index is 14.6. The second-order valence-corrected chi connectivity index (χ2v) is 11.5. The summed E-state index contributed by atoms with van der Waals surface area (Å²) in [6, 6.07) is 17.4. The maximum absolute atomic E-state index is 14.6. The Kier molecular flexibility index (Phi) is 7.18. The number of piperazine rings is 1. The number of aryl methyl sites for hydroxylation is 1. The highest BCUT2D eigenvalue weighted by atomic mass is 16.3. The molecule has 2 heterocycles. The summed E-state index contributed by atoms with van der Waals surface area (Å²) in [4.78, 5) is 44.3. The minimum atomic E-state index is -1.13. The summed E-state index contributed by atoms with van der Waals surface area (Å²) in [6.45, 7) is 3.90. The molecule has 0 radical (unpaired) electrons. The largest absolute Gasteiger partial charge is 0.506 e. The normalized spacial score (nSPS) is 20.3. The van der Waals surface area contributed by atoms with Crippen LogP contribution >= 0.6 is 0 Å². The molecule has 0 saturated carbocycles. The molecule has 3 unspecified atom stereocenters. The zero-order valence-electron chi connectivity index (χ0n) is 23.9. The van der Waals surface area contributed by atoms with Crippen LogP contribution < -0.4 is 10.6 Å². The molecule has 4 atom stereocenters. The van der Waals surface area contributed by atoms with Crippen LogP contribution in [0.1, 0.15) is 43.0 Å². The van der Waals surface area contributed by atoms with E-state index < -0.39 is 24.0 Å². The molecule has 1 aromatic heterocycles. The second kappa shape index (κ2) is 11.0. The van der Waals surface area contributed by atoms with Crippen molar-refractivity contribution < 1.29 is 19.5 Å². The van der Waals surface area contributed by atoms with E-state index in [1.807, 2.05) is 51.2 Å². The molecule has 4 aromatic rings. The maximum Gasteiger partial charge on any atom is 0.251 e. The van der Waals surface area contributed by atoms with Crippen LogP contribution in [-0.2, 0) is 34.3 Å². The van der Waals surface area contributed by atoms with Gasteiger partial charge in [-0.1, -0.05) is 62.7 Å². The van der Waals surface area contributed by atoms with Gasteiger partial charge in [-0.2, -0.15) is 5.10 Å². The first-order valence-electron chi connectivity index (χ1n) is 14.5. The highest BCUT2D eigenvalue weighted by Gasteiger charge is 2.50. The fourth-order valence-electron chi connectivity index (χ4n) is 6.49. The van der Waals surface area contributed by atoms with Crippen molar-refractivity contribution in [3.05, 3.63) is 89.6 Å². The Morgan fingerprint density at radius 3 is 2.45 bits per heavy atom. The molecule has 3 N–H and O–H groups in total. The number of benzene rings is 3. The lowest BCUT2D eigenvalue weighted by Crippen LogP contribution is -2.68. The van der Waals surface area contributed by atoms with Crippen LogP contribution in [0.25, 0.3) is 10.9 Å². The lowest BCUT2D eigenvalue weighted by molar-refractivity contribution is -0.158. The molecule has 1 aliphatic heterocycles. The first kappa shape index (κ1) is 27.5. The molecule has 1 aliphatic carbocycles. The van der Waals surface area contributed by atoms with Crippen LogP contribution in [0.3, 0.4) is 0 Å². The minimum absolute atomic E-state index is 0.0879. The lowest BCUT2D eigenvalue weighted by atomic mass is 9.85. The number of nitrogens with zero attached hydrogens (tertiary/aromatic N) is 3. The highest BCUT2D eigenvalue weighted by Crippen LogP contribution is 2.37. The highest BCUT2D eigenvalue weighted by molar-refractivity contribution is 6.04. The van der Waals surface area contributed by atoms with Crippen molar-refractivity contribution in [1.29, 1.82) is 0 Å². The van der Waals surface area contributed by atoms with Crippen LogP contribution in [0, 0.1) is 11.8 Å². The number of aromatic hydroxyl groups is 1. The van der Waals surface area contributed by atoms with Crippen molar-refractivity contribution in [1.82, 2.24) is 20.0 Å². The van der Waals surface area contributed by atoms with Crippen molar-refractivity contribution in [3.8, 4) is 5.75 Å². The molecule has 6 rings (SSSR count). The van der Waals surface area contributed by atoms with E-state index in [-0.39, 0.29) is 35.1 Å². The minimum Gasteiger partial charge on any atom is -0.506 e. The number of rotatable bonds is 7. The number of carbonyl (C=O) groups excluding carboxylic acids is 3. The monoisotopic (exact) mass is 565 g/mol. The average Bonchev–Trinajstić information content (AvgIpc) is 3.59. The van der Waals surface area contributed by atoms with Crippen molar-refractivity contribution in [2.24, 2.45) is 18.9 Å². The third-order valence-corrected chi connectivity index (χ3v) is 8.90. The number of nitrogens with one attached hydrogen (secondary N) is 2. The summed E-state index contributed by atoms with van der Waals surface area (Å²) >= 11 is 0. The van der Waals surface area contributed by atoms with E-state index in [9.17, 15) is 19.5 Å². The van der Waals surface area contributed by atoms with Gasteiger partial charge in [0, 0.05) is 12.4 Å². The van der Waals surface area contributed by atoms with E-state index in [4.69, 9.17) is 0 Å². The van der Waals surface area contributed by atoms with Gasteiger partial charge in [0.1, 0.15) is 23.9 Å². The number of phenols is 1. The van der Waals surface area contributed by atoms with Gasteiger partial charge in [-0.25, -0.2) is 0 Å². The van der Waals surface area contributed by atoms with E-state index in [1.54, 1.807) is 29.1 Å². The lowest BCUT2D eigenvalue weighted by Gasteiger charge is -2.46. The van der Waals surface area contributed by atoms with Crippen molar-refractivity contribution in [3.63, 3.8) is 0 Å². The van der Waals surface area contributed by atoms with E-state index in [0.29, 0.717) is 24.8 Å². The molecule has 216 valence electrons. The number of fused-ring (bicyclic) bond motifs is 2. The van der Waals surface area contributed by atoms with Gasteiger partial charge in [-0.15, -0.1) is 0 Å². The number of carbonyl (C=O) groups is 3. The molecule has 9 nitrogen and oxygen atoms in total. The standard InChI is InChI=1S/C33H35N5O4/c1-4-19(2)29-31(40)36-28(23-15-20-9-5-6-10-21(20)16-23)33(42)38(29)30(32(41)35-25-11-7-8-12-27(25)39)22-13-14-26-24(17-22)18-34-37(26)3/h5-14,17-19,23,28-30,39H,4,15-16H2,1-3H3,(H,35,41)(H,36,40)/t19-,28?,29?,30?/m0/s1. The van der Waals surface area contributed by atoms with Crippen molar-refractivity contribution in [2.45, 2.75) is 51.2 Å². The molecule has 1 saturated heterocycles. The Bertz CT molecular complexity index is 1650. The van der Waals surface area contributed by atoms with Crippen molar-refractivity contribution >= 4 is 34.3 Å². The van der Waals surface area contributed by atoms with Crippen molar-refractivity contribution in [2.75, 3.05) is 5.32 Å². The Labute approximate surface area is 244 Å². The summed E-state index contributed by atoms with van der Waals surface area (Å²) in [6.07, 6.45) is 3.69. The fourth-order valence-corrected chi connectivity index (χ4v) is 6.49. The van der Waals surface area contributed by atoms with Gasteiger partial charge >= 0.3 is 0 Å². The predicted octanol–water partition coefficient (Wildman–Crippen LogP) is 4.12. The number of hydrogen-bond donors (Lipinski definition) is 3. The average molecular weight is 566 g/mol. The molecule has 2 aliphatic rings. The Hall–Kier alpha value is -4.66. The van der Waals surface area contributed by atoms with Gasteiger partial charge in [0.25, 0.3) is 5.91 Å². The van der Waals surface area contributed by atoms with Gasteiger partial charge < -0.3 is 20.6 Å². The van der Waals surface area contributed by atoms with Crippen LogP contribution in [-0.4, -0.2) is 49.6 Å². The summed E-state index contributed by atoms with van der Waals surface area (Å²) in [7, 11) is 1.84. The van der Waals surface area contributed by atoms with Crippen LogP contribution in [0.5, 0.6) is 5.75 Å². The number of phenolic OH excluding ortho intramolecular Hbond substituents is 1. The SMILES string of the molecule is CC[C@H](C)C1C(=O)NC(C2Cc3ccccc3C2)C(=O)N1C(C(=O)Nc1ccccc1O)c1ccc2c(cnn2C)c1. The second-order valence-electron chi connectivity index (χ2n) is 11.5. The first-order valence-corrected chi connectivity index (χ1v) is 14.5. The number of aromatic nitrogens is 2. The summed E-state index contributed by atoms with van der Waals surface area (Å²) in [5.74, 6) is -1.46. The van der Waals surface area contributed by atoms with Gasteiger partial charge in [0.05, 0.1) is 17.4 Å². The number of hydrogen-bond acceptors (Lipinski definition) is 5. The Balaban J connectivity index is 1.45. The third-order valence-electron chi connectivity index (χ3n) is 8.90. The summed E-state index contributed by atoms with van der Waals surface area (Å²) < 4.78 is 1.74. The quantitative estimate of drug-likeness (QED) is 0.292. The molecular formula is C33H35N5O4. The summed E-state index contributed by atoms with van der Waals surface area (Å²) in [5, 5.41) is 21.5. The molecule has 0 spiro atoms. The zero-order chi connectivity index (χ0) is 29.5. The Morgan fingerprint density at radius 2 is 1.76 bits per heavy atom. The molecule has 9 heteroatoms. The van der Waals surface area contributed by atoms with E-state index in [2.05, 4.69) is 27.9 Å². The number of amides is 3. The van der Waals surface area contributed by atoms with E-state index >= 15 is 0 Å². The third kappa shape index (κ3) is 4.78. The van der Waals surface area contributed by atoms with E-state index in [0.717, 1.165) is 10.9 Å². The molecule has 42 heavy (non-hydrogen) atoms. The van der Waals surface area contributed by atoms with Gasteiger partial charge in [-0.3, -0.25) is 19.1 Å². The molecule has 3 amide bonds. The Morgan fingerprint density at radius 1 is 1.07 bits per heavy atom. The molecular weight excluding hydrogens is 530 g/mol. The van der Waals surface area contributed by atoms with Crippen LogP contribution in [0.15, 0.2) is 72.9 Å². The van der Waals surface area contributed by atoms with Crippen LogP contribution in [0.4, 0.5) is 5.69 Å². The molecule has 1 fully saturated rings.